The number of methoxy groups -OCH3 is 1. The van der Waals surface area contributed by atoms with E-state index in [0.717, 1.165) is 44.6 Å². The van der Waals surface area contributed by atoms with E-state index < -0.39 is 0 Å². The molecule has 1 atom stereocenters. The number of rotatable bonds is 3. The van der Waals surface area contributed by atoms with Crippen molar-refractivity contribution in [2.45, 2.75) is 38.3 Å². The predicted octanol–water partition coefficient (Wildman–Crippen LogP) is 1.83. The van der Waals surface area contributed by atoms with Crippen molar-refractivity contribution in [3.63, 3.8) is 0 Å². The number of pyridine rings is 1. The number of aliphatic hydroxyl groups excluding tert-OH is 1. The lowest BCUT2D eigenvalue weighted by molar-refractivity contribution is -0.100. The van der Waals surface area contributed by atoms with Crippen LogP contribution in [0.1, 0.15) is 31.4 Å². The summed E-state index contributed by atoms with van der Waals surface area (Å²) in [6.07, 6.45) is 4.40. The lowest BCUT2D eigenvalue weighted by Gasteiger charge is -2.51. The topological polar surface area (TPSA) is 45.6 Å². The van der Waals surface area contributed by atoms with Gasteiger partial charge in [0.25, 0.3) is 0 Å². The van der Waals surface area contributed by atoms with Crippen LogP contribution in [-0.2, 0) is 6.54 Å². The van der Waals surface area contributed by atoms with Crippen LogP contribution in [0.2, 0.25) is 0 Å². The molecule has 2 aliphatic rings. The molecule has 2 fully saturated rings. The minimum atomic E-state index is -0.0513. The summed E-state index contributed by atoms with van der Waals surface area (Å²) in [7, 11) is 1.65. The smallest absolute Gasteiger partial charge is 0.213 e. The minimum absolute atomic E-state index is 0.0513. The van der Waals surface area contributed by atoms with E-state index in [4.69, 9.17) is 4.74 Å². The summed E-state index contributed by atoms with van der Waals surface area (Å²) >= 11 is 0. The molecule has 1 aliphatic carbocycles. The Bertz CT molecular complexity index is 442. The number of likely N-dealkylation sites (tertiary alicyclic amines) is 1. The lowest BCUT2D eigenvalue weighted by atomic mass is 9.61. The predicted molar refractivity (Wildman–Crippen MR) is 73.0 cm³/mol. The molecule has 1 saturated carbocycles. The maximum Gasteiger partial charge on any atom is 0.213 e. The van der Waals surface area contributed by atoms with E-state index in [2.05, 4.69) is 9.88 Å². The van der Waals surface area contributed by atoms with E-state index in [1.807, 2.05) is 18.2 Å². The highest BCUT2D eigenvalue weighted by Gasteiger charge is 2.47. The van der Waals surface area contributed by atoms with Crippen LogP contribution in [0, 0.1) is 5.41 Å². The van der Waals surface area contributed by atoms with Gasteiger partial charge in [-0.2, -0.15) is 0 Å². The van der Waals surface area contributed by atoms with Crippen molar-refractivity contribution in [3.05, 3.63) is 23.9 Å². The molecule has 0 amide bonds. The summed E-state index contributed by atoms with van der Waals surface area (Å²) in [6, 6.07) is 5.91. The maximum absolute atomic E-state index is 9.92. The summed E-state index contributed by atoms with van der Waals surface area (Å²) < 4.78 is 5.16. The SMILES string of the molecule is COc1cccc(CN2CCC3(CC[C@@H]3O)CC2)n1. The van der Waals surface area contributed by atoms with Gasteiger partial charge in [0.05, 0.1) is 18.9 Å². The van der Waals surface area contributed by atoms with Gasteiger partial charge in [0.15, 0.2) is 0 Å². The molecule has 1 spiro atoms. The monoisotopic (exact) mass is 262 g/mol. The van der Waals surface area contributed by atoms with Crippen LogP contribution in [0.3, 0.4) is 0 Å². The highest BCUT2D eigenvalue weighted by Crippen LogP contribution is 2.49. The summed E-state index contributed by atoms with van der Waals surface area (Å²) in [4.78, 5) is 6.89. The highest BCUT2D eigenvalue weighted by atomic mass is 16.5. The molecule has 0 radical (unpaired) electrons. The normalized spacial score (nSPS) is 26.1. The fourth-order valence-electron chi connectivity index (χ4n) is 3.31. The second kappa shape index (κ2) is 5.10. The third-order valence-electron chi connectivity index (χ3n) is 4.85. The van der Waals surface area contributed by atoms with Crippen molar-refractivity contribution < 1.29 is 9.84 Å². The second-order valence-electron chi connectivity index (χ2n) is 5.86. The van der Waals surface area contributed by atoms with Gasteiger partial charge >= 0.3 is 0 Å². The van der Waals surface area contributed by atoms with E-state index in [9.17, 15) is 5.11 Å². The first-order valence-electron chi connectivity index (χ1n) is 7.12. The Kier molecular flexibility index (Phi) is 3.46. The van der Waals surface area contributed by atoms with E-state index in [-0.39, 0.29) is 11.5 Å². The Hall–Kier alpha value is -1.13. The molecular formula is C15H22N2O2. The van der Waals surface area contributed by atoms with Crippen molar-refractivity contribution >= 4 is 0 Å². The number of ether oxygens (including phenoxy) is 1. The van der Waals surface area contributed by atoms with Gasteiger partial charge in [0.1, 0.15) is 0 Å². The van der Waals surface area contributed by atoms with Crippen LogP contribution in [0.5, 0.6) is 5.88 Å². The molecular weight excluding hydrogens is 240 g/mol. The Balaban J connectivity index is 1.57. The van der Waals surface area contributed by atoms with Crippen molar-refractivity contribution in [1.82, 2.24) is 9.88 Å². The summed E-state index contributed by atoms with van der Waals surface area (Å²) in [5.41, 5.74) is 1.31. The molecule has 104 valence electrons. The van der Waals surface area contributed by atoms with E-state index in [0.29, 0.717) is 5.88 Å². The Labute approximate surface area is 114 Å². The molecule has 1 aromatic rings. The fraction of sp³-hybridized carbons (Fsp3) is 0.667. The van der Waals surface area contributed by atoms with Gasteiger partial charge in [-0.15, -0.1) is 0 Å². The molecule has 0 bridgehead atoms. The van der Waals surface area contributed by atoms with Crippen molar-refractivity contribution in [2.24, 2.45) is 5.41 Å². The summed E-state index contributed by atoms with van der Waals surface area (Å²) in [5, 5.41) is 9.92. The van der Waals surface area contributed by atoms with Crippen molar-refractivity contribution in [3.8, 4) is 5.88 Å². The van der Waals surface area contributed by atoms with Crippen molar-refractivity contribution in [1.29, 1.82) is 0 Å². The third-order valence-corrected chi connectivity index (χ3v) is 4.85. The number of aliphatic hydroxyl groups is 1. The van der Waals surface area contributed by atoms with Gasteiger partial charge in [-0.1, -0.05) is 6.07 Å². The van der Waals surface area contributed by atoms with E-state index in [1.165, 1.54) is 6.42 Å². The molecule has 0 aromatic carbocycles. The molecule has 4 nitrogen and oxygen atoms in total. The zero-order chi connectivity index (χ0) is 13.3. The number of hydrogen-bond acceptors (Lipinski definition) is 4. The molecule has 1 saturated heterocycles. The first kappa shape index (κ1) is 12.9. The quantitative estimate of drug-likeness (QED) is 0.902. The lowest BCUT2D eigenvalue weighted by Crippen LogP contribution is -2.51. The Morgan fingerprint density at radius 1 is 1.37 bits per heavy atom. The molecule has 4 heteroatoms. The molecule has 1 aliphatic heterocycles. The van der Waals surface area contributed by atoms with Crippen LogP contribution >= 0.6 is 0 Å². The van der Waals surface area contributed by atoms with Gasteiger partial charge in [0.2, 0.25) is 5.88 Å². The second-order valence-corrected chi connectivity index (χ2v) is 5.86. The fourth-order valence-corrected chi connectivity index (χ4v) is 3.31. The number of aromatic nitrogens is 1. The van der Waals surface area contributed by atoms with Gasteiger partial charge < -0.3 is 9.84 Å². The Morgan fingerprint density at radius 3 is 2.74 bits per heavy atom. The first-order valence-corrected chi connectivity index (χ1v) is 7.12. The van der Waals surface area contributed by atoms with Crippen LogP contribution in [-0.4, -0.2) is 41.3 Å². The number of nitrogens with zero attached hydrogens (tertiary/aromatic N) is 2. The third kappa shape index (κ3) is 2.47. The molecule has 1 N–H and O–H groups in total. The van der Waals surface area contributed by atoms with Gasteiger partial charge in [-0.05, 0) is 50.3 Å². The molecule has 1 aromatic heterocycles. The molecule has 3 rings (SSSR count). The van der Waals surface area contributed by atoms with Crippen molar-refractivity contribution in [2.75, 3.05) is 20.2 Å². The first-order chi connectivity index (χ1) is 9.22. The standard InChI is InChI=1S/C15H22N2O2/c1-19-14-4-2-3-12(16-14)11-17-9-7-15(8-10-17)6-5-13(15)18/h2-4,13,18H,5-11H2,1H3/t13-/m0/s1. The van der Waals surface area contributed by atoms with Crippen LogP contribution in [0.25, 0.3) is 0 Å². The van der Waals surface area contributed by atoms with Crippen LogP contribution in [0.4, 0.5) is 0 Å². The summed E-state index contributed by atoms with van der Waals surface area (Å²) in [6.45, 7) is 3.01. The molecule has 0 unspecified atom stereocenters. The molecule has 2 heterocycles. The van der Waals surface area contributed by atoms with E-state index in [1.54, 1.807) is 7.11 Å². The van der Waals surface area contributed by atoms with Gasteiger partial charge in [-0.3, -0.25) is 4.90 Å². The summed E-state index contributed by atoms with van der Waals surface area (Å²) in [5.74, 6) is 0.681. The zero-order valence-electron chi connectivity index (χ0n) is 11.5. The van der Waals surface area contributed by atoms with E-state index >= 15 is 0 Å². The van der Waals surface area contributed by atoms with Gasteiger partial charge in [-0.25, -0.2) is 4.98 Å². The minimum Gasteiger partial charge on any atom is -0.481 e. The zero-order valence-corrected chi connectivity index (χ0v) is 11.5. The van der Waals surface area contributed by atoms with Crippen LogP contribution < -0.4 is 4.74 Å². The number of piperidine rings is 1. The number of hydrogen-bond donors (Lipinski definition) is 1. The van der Waals surface area contributed by atoms with Crippen LogP contribution in [0.15, 0.2) is 18.2 Å². The highest BCUT2D eigenvalue weighted by molar-refractivity contribution is 5.15. The average molecular weight is 262 g/mol. The average Bonchev–Trinajstić information content (AvgIpc) is 2.47. The largest absolute Gasteiger partial charge is 0.481 e. The Morgan fingerprint density at radius 2 is 2.16 bits per heavy atom. The van der Waals surface area contributed by atoms with Gasteiger partial charge in [0, 0.05) is 12.6 Å². The maximum atomic E-state index is 9.92. The molecule has 19 heavy (non-hydrogen) atoms.